The lowest BCUT2D eigenvalue weighted by Gasteiger charge is -2.24. The van der Waals surface area contributed by atoms with Gasteiger partial charge in [0, 0.05) is 10.6 Å². The standard InChI is InChI=1S/C27H24ClIN2O4S/c1-5-11-35-24-18(12-19(28)14-20(24)29)13-21-25(32)31-23(17-9-7-15(3)8-10-17)22(26(33)34-6-2)16(4)30-27(31)36-21/h5,7-10,12-14,23H,1,6,11H2,2-4H3/b21-13-/t23-/m0/s1. The highest BCUT2D eigenvalue weighted by Gasteiger charge is 2.33. The third kappa shape index (κ3) is 5.21. The van der Waals surface area contributed by atoms with E-state index in [0.29, 0.717) is 43.5 Å². The topological polar surface area (TPSA) is 69.9 Å². The van der Waals surface area contributed by atoms with Crippen molar-refractivity contribution in [3.8, 4) is 5.75 Å². The second-order valence-electron chi connectivity index (χ2n) is 8.12. The molecule has 186 valence electrons. The van der Waals surface area contributed by atoms with Gasteiger partial charge in [-0.05, 0) is 67.1 Å². The number of hydrogen-bond acceptors (Lipinski definition) is 6. The molecule has 0 aliphatic carbocycles. The number of thiazole rings is 1. The van der Waals surface area contributed by atoms with Crippen LogP contribution in [0.25, 0.3) is 6.08 Å². The third-order valence-corrected chi connectivity index (χ3v) is 7.58. The van der Waals surface area contributed by atoms with E-state index in [2.05, 4.69) is 34.2 Å². The van der Waals surface area contributed by atoms with Crippen LogP contribution in [0.1, 0.15) is 36.6 Å². The molecule has 2 aromatic carbocycles. The van der Waals surface area contributed by atoms with Gasteiger partial charge in [0.25, 0.3) is 5.56 Å². The lowest BCUT2D eigenvalue weighted by molar-refractivity contribution is -0.139. The van der Waals surface area contributed by atoms with E-state index in [1.807, 2.05) is 31.2 Å². The van der Waals surface area contributed by atoms with Crippen LogP contribution in [0.4, 0.5) is 0 Å². The fourth-order valence-electron chi connectivity index (χ4n) is 3.98. The molecule has 0 unspecified atom stereocenters. The summed E-state index contributed by atoms with van der Waals surface area (Å²) in [6, 6.07) is 10.7. The average Bonchev–Trinajstić information content (AvgIpc) is 3.12. The zero-order chi connectivity index (χ0) is 26.0. The number of carbonyl (C=O) groups excluding carboxylic acids is 1. The molecule has 6 nitrogen and oxygen atoms in total. The van der Waals surface area contributed by atoms with Crippen LogP contribution >= 0.6 is 45.5 Å². The fourth-order valence-corrected chi connectivity index (χ4v) is 6.23. The molecular weight excluding hydrogens is 611 g/mol. The Morgan fingerprint density at radius 1 is 1.28 bits per heavy atom. The van der Waals surface area contributed by atoms with Crippen molar-refractivity contribution in [1.29, 1.82) is 0 Å². The minimum absolute atomic E-state index is 0.224. The van der Waals surface area contributed by atoms with E-state index in [-0.39, 0.29) is 12.2 Å². The maximum atomic E-state index is 13.8. The summed E-state index contributed by atoms with van der Waals surface area (Å²) in [6.07, 6.45) is 3.41. The van der Waals surface area contributed by atoms with Crippen molar-refractivity contribution in [1.82, 2.24) is 4.57 Å². The molecule has 0 amide bonds. The van der Waals surface area contributed by atoms with E-state index in [1.54, 1.807) is 42.7 Å². The van der Waals surface area contributed by atoms with Gasteiger partial charge in [-0.2, -0.15) is 0 Å². The Morgan fingerprint density at radius 2 is 2.00 bits per heavy atom. The summed E-state index contributed by atoms with van der Waals surface area (Å²) >= 11 is 9.73. The highest BCUT2D eigenvalue weighted by molar-refractivity contribution is 14.1. The summed E-state index contributed by atoms with van der Waals surface area (Å²) in [5.74, 6) is 0.132. The van der Waals surface area contributed by atoms with Crippen LogP contribution in [0.2, 0.25) is 5.02 Å². The Hall–Kier alpha value is -2.69. The van der Waals surface area contributed by atoms with Crippen molar-refractivity contribution in [2.45, 2.75) is 26.8 Å². The van der Waals surface area contributed by atoms with E-state index in [1.165, 1.54) is 11.3 Å². The van der Waals surface area contributed by atoms with Gasteiger partial charge in [-0.15, -0.1) is 0 Å². The summed E-state index contributed by atoms with van der Waals surface area (Å²) < 4.78 is 14.1. The number of benzene rings is 2. The summed E-state index contributed by atoms with van der Waals surface area (Å²) in [6.45, 7) is 9.76. The average molecular weight is 635 g/mol. The molecule has 0 saturated carbocycles. The van der Waals surface area contributed by atoms with E-state index >= 15 is 0 Å². The van der Waals surface area contributed by atoms with Gasteiger partial charge in [-0.3, -0.25) is 9.36 Å². The monoisotopic (exact) mass is 634 g/mol. The number of esters is 1. The van der Waals surface area contributed by atoms with Gasteiger partial charge in [0.05, 0.1) is 32.0 Å². The number of aryl methyl sites for hydroxylation is 1. The second kappa shape index (κ2) is 11.1. The molecule has 2 heterocycles. The number of fused-ring (bicyclic) bond motifs is 1. The quantitative estimate of drug-likeness (QED) is 0.210. The molecule has 4 rings (SSSR count). The predicted octanol–water partition coefficient (Wildman–Crippen LogP) is 4.93. The molecule has 1 aromatic heterocycles. The van der Waals surface area contributed by atoms with Gasteiger partial charge in [0.15, 0.2) is 4.80 Å². The van der Waals surface area contributed by atoms with Crippen LogP contribution in [-0.2, 0) is 9.53 Å². The maximum Gasteiger partial charge on any atom is 0.338 e. The minimum atomic E-state index is -0.654. The number of allylic oxidation sites excluding steroid dienone is 1. The van der Waals surface area contributed by atoms with Crippen molar-refractivity contribution in [3.63, 3.8) is 0 Å². The summed E-state index contributed by atoms with van der Waals surface area (Å²) in [5.41, 5.74) is 3.17. The third-order valence-electron chi connectivity index (χ3n) is 5.58. The van der Waals surface area contributed by atoms with E-state index in [0.717, 1.165) is 14.7 Å². The van der Waals surface area contributed by atoms with Crippen LogP contribution in [-0.4, -0.2) is 23.8 Å². The van der Waals surface area contributed by atoms with Crippen molar-refractivity contribution >= 4 is 57.6 Å². The Balaban J connectivity index is 1.96. The highest BCUT2D eigenvalue weighted by Crippen LogP contribution is 2.32. The van der Waals surface area contributed by atoms with Crippen LogP contribution in [0.5, 0.6) is 5.75 Å². The number of carbonyl (C=O) groups is 1. The van der Waals surface area contributed by atoms with Gasteiger partial charge in [-0.25, -0.2) is 9.79 Å². The Labute approximate surface area is 231 Å². The number of ether oxygens (including phenoxy) is 2. The molecule has 0 bridgehead atoms. The SMILES string of the molecule is C=CCOc1c(I)cc(Cl)cc1/C=c1\sc2n(c1=O)[C@@H](c1ccc(C)cc1)C(C(=O)OCC)=C(C)N=2. The van der Waals surface area contributed by atoms with Crippen molar-refractivity contribution in [2.75, 3.05) is 13.2 Å². The van der Waals surface area contributed by atoms with Gasteiger partial charge in [0.2, 0.25) is 0 Å². The second-order valence-corrected chi connectivity index (χ2v) is 10.7. The van der Waals surface area contributed by atoms with Gasteiger partial charge in [-0.1, -0.05) is 65.4 Å². The Morgan fingerprint density at radius 3 is 2.67 bits per heavy atom. The number of hydrogen-bond donors (Lipinski definition) is 0. The number of nitrogens with zero attached hydrogens (tertiary/aromatic N) is 2. The molecule has 0 radical (unpaired) electrons. The molecule has 3 aromatic rings. The normalized spacial score (nSPS) is 15.4. The molecule has 1 aliphatic heterocycles. The molecule has 36 heavy (non-hydrogen) atoms. The van der Waals surface area contributed by atoms with Crippen molar-refractivity contribution in [3.05, 3.63) is 105 Å². The van der Waals surface area contributed by atoms with E-state index in [4.69, 9.17) is 21.1 Å². The summed E-state index contributed by atoms with van der Waals surface area (Å²) in [7, 11) is 0. The molecular formula is C27H24ClIN2O4S. The van der Waals surface area contributed by atoms with Gasteiger partial charge >= 0.3 is 5.97 Å². The zero-order valence-corrected chi connectivity index (χ0v) is 23.7. The minimum Gasteiger partial charge on any atom is -0.488 e. The number of rotatable bonds is 7. The number of halogens is 2. The van der Waals surface area contributed by atoms with Crippen molar-refractivity contribution in [2.24, 2.45) is 4.99 Å². The first-order chi connectivity index (χ1) is 17.2. The first-order valence-electron chi connectivity index (χ1n) is 11.2. The first kappa shape index (κ1) is 26.4. The lowest BCUT2D eigenvalue weighted by atomic mass is 9.95. The predicted molar refractivity (Wildman–Crippen MR) is 151 cm³/mol. The van der Waals surface area contributed by atoms with Crippen molar-refractivity contribution < 1.29 is 14.3 Å². The van der Waals surface area contributed by atoms with Crippen LogP contribution in [0.3, 0.4) is 0 Å². The molecule has 1 aliphatic rings. The summed E-state index contributed by atoms with van der Waals surface area (Å²) in [5, 5.41) is 0.530. The molecule has 0 spiro atoms. The largest absolute Gasteiger partial charge is 0.488 e. The molecule has 0 N–H and O–H groups in total. The highest BCUT2D eigenvalue weighted by atomic mass is 127. The van der Waals surface area contributed by atoms with E-state index < -0.39 is 12.0 Å². The smallest absolute Gasteiger partial charge is 0.338 e. The van der Waals surface area contributed by atoms with Crippen LogP contribution in [0, 0.1) is 10.5 Å². The number of aromatic nitrogens is 1. The fraction of sp³-hybridized carbons (Fsp3) is 0.222. The molecule has 0 fully saturated rings. The molecule has 1 atom stereocenters. The zero-order valence-electron chi connectivity index (χ0n) is 20.0. The maximum absolute atomic E-state index is 13.8. The van der Waals surface area contributed by atoms with Crippen LogP contribution < -0.4 is 19.6 Å². The first-order valence-corrected chi connectivity index (χ1v) is 13.5. The van der Waals surface area contributed by atoms with Crippen LogP contribution in [0.15, 0.2) is 70.1 Å². The lowest BCUT2D eigenvalue weighted by Crippen LogP contribution is -2.39. The summed E-state index contributed by atoms with van der Waals surface area (Å²) in [4.78, 5) is 31.9. The van der Waals surface area contributed by atoms with Gasteiger partial charge in [0.1, 0.15) is 12.4 Å². The Kier molecular flexibility index (Phi) is 8.17. The van der Waals surface area contributed by atoms with E-state index in [9.17, 15) is 9.59 Å². The molecule has 0 saturated heterocycles. The van der Waals surface area contributed by atoms with Gasteiger partial charge < -0.3 is 9.47 Å². The Bertz CT molecular complexity index is 1550. The molecule has 9 heteroatoms.